The Labute approximate surface area is 115 Å². The molecule has 0 spiro atoms. The van der Waals surface area contributed by atoms with Crippen molar-refractivity contribution in [1.82, 2.24) is 5.32 Å². The highest BCUT2D eigenvalue weighted by Crippen LogP contribution is 2.22. The highest BCUT2D eigenvalue weighted by Gasteiger charge is 2.15. The topological polar surface area (TPSA) is 29.1 Å². The molecule has 100 valence electrons. The van der Waals surface area contributed by atoms with Crippen LogP contribution < -0.4 is 5.32 Å². The summed E-state index contributed by atoms with van der Waals surface area (Å²) in [6.45, 7) is 4.03. The van der Waals surface area contributed by atoms with Crippen LogP contribution >= 0.6 is 0 Å². The van der Waals surface area contributed by atoms with Crippen LogP contribution in [0.1, 0.15) is 37.0 Å². The van der Waals surface area contributed by atoms with E-state index < -0.39 is 0 Å². The third kappa shape index (κ3) is 3.38. The molecule has 19 heavy (non-hydrogen) atoms. The third-order valence-corrected chi connectivity index (χ3v) is 3.69. The number of hydrogen-bond donors (Lipinski definition) is 1. The molecular formula is C17H21NO. The van der Waals surface area contributed by atoms with Gasteiger partial charge in [-0.05, 0) is 41.9 Å². The molecule has 0 saturated carbocycles. The van der Waals surface area contributed by atoms with Gasteiger partial charge in [-0.25, -0.2) is 0 Å². The second-order valence-electron chi connectivity index (χ2n) is 5.59. The van der Waals surface area contributed by atoms with Crippen LogP contribution in [0.15, 0.2) is 18.2 Å². The van der Waals surface area contributed by atoms with Gasteiger partial charge in [0.05, 0.1) is 12.5 Å². The lowest BCUT2D eigenvalue weighted by molar-refractivity contribution is -0.121. The van der Waals surface area contributed by atoms with E-state index >= 15 is 0 Å². The Bertz CT molecular complexity index is 510. The molecular weight excluding hydrogens is 234 g/mol. The fourth-order valence-electron chi connectivity index (χ4n) is 2.55. The van der Waals surface area contributed by atoms with Gasteiger partial charge in [0, 0.05) is 0 Å². The van der Waals surface area contributed by atoms with Crippen LogP contribution in [-0.2, 0) is 24.1 Å². The first-order chi connectivity index (χ1) is 9.10. The van der Waals surface area contributed by atoms with Gasteiger partial charge in [-0.3, -0.25) is 4.79 Å². The maximum Gasteiger partial charge on any atom is 0.225 e. The largest absolute Gasteiger partial charge is 0.342 e. The van der Waals surface area contributed by atoms with Crippen LogP contribution in [0.4, 0.5) is 0 Å². The molecule has 2 heteroatoms. The fourth-order valence-corrected chi connectivity index (χ4v) is 2.55. The first kappa shape index (κ1) is 13.7. The lowest BCUT2D eigenvalue weighted by Crippen LogP contribution is -2.38. The maximum absolute atomic E-state index is 12.0. The molecule has 1 aromatic rings. The number of rotatable bonds is 4. The summed E-state index contributed by atoms with van der Waals surface area (Å²) < 4.78 is 0. The fraction of sp³-hybridized carbons (Fsp3) is 0.471. The van der Waals surface area contributed by atoms with E-state index in [0.29, 0.717) is 6.42 Å². The summed E-state index contributed by atoms with van der Waals surface area (Å²) in [5.41, 5.74) is 3.92. The molecule has 0 aromatic heterocycles. The van der Waals surface area contributed by atoms with Gasteiger partial charge in [-0.2, -0.15) is 0 Å². The van der Waals surface area contributed by atoms with Gasteiger partial charge in [-0.15, -0.1) is 6.42 Å². The molecule has 1 amide bonds. The molecule has 0 fully saturated rings. The molecule has 1 aliphatic carbocycles. The Morgan fingerprint density at radius 2 is 2.11 bits per heavy atom. The summed E-state index contributed by atoms with van der Waals surface area (Å²) in [4.78, 5) is 12.0. The molecule has 2 nitrogen and oxygen atoms in total. The average Bonchev–Trinajstić information content (AvgIpc) is 2.82. The lowest BCUT2D eigenvalue weighted by atomic mass is 10.0. The first-order valence-electron chi connectivity index (χ1n) is 6.96. The number of carbonyl (C=O) groups is 1. The van der Waals surface area contributed by atoms with Crippen LogP contribution in [-0.4, -0.2) is 11.9 Å². The number of aryl methyl sites for hydroxylation is 2. The summed E-state index contributed by atoms with van der Waals surface area (Å²) in [5.74, 6) is 2.90. The average molecular weight is 255 g/mol. The number of nitrogens with one attached hydrogen (secondary N) is 1. The van der Waals surface area contributed by atoms with E-state index in [9.17, 15) is 4.79 Å². The zero-order valence-electron chi connectivity index (χ0n) is 11.7. The minimum atomic E-state index is -0.179. The Morgan fingerprint density at radius 3 is 2.79 bits per heavy atom. The molecule has 1 aliphatic rings. The monoisotopic (exact) mass is 255 g/mol. The summed E-state index contributed by atoms with van der Waals surface area (Å²) in [6.07, 6.45) is 9.39. The molecule has 0 radical (unpaired) electrons. The van der Waals surface area contributed by atoms with Crippen LogP contribution in [0, 0.1) is 18.3 Å². The molecule has 0 heterocycles. The van der Waals surface area contributed by atoms with Gasteiger partial charge < -0.3 is 5.32 Å². The predicted octanol–water partition coefficient (Wildman–Crippen LogP) is 2.49. The van der Waals surface area contributed by atoms with Gasteiger partial charge in [0.15, 0.2) is 0 Å². The van der Waals surface area contributed by atoms with Gasteiger partial charge in [0.1, 0.15) is 0 Å². The van der Waals surface area contributed by atoms with Crippen molar-refractivity contribution in [3.05, 3.63) is 34.9 Å². The van der Waals surface area contributed by atoms with E-state index in [1.165, 1.54) is 24.0 Å². The van der Waals surface area contributed by atoms with Crippen molar-refractivity contribution in [2.45, 2.75) is 45.6 Å². The van der Waals surface area contributed by atoms with Crippen molar-refractivity contribution in [2.75, 3.05) is 0 Å². The van der Waals surface area contributed by atoms with Crippen molar-refractivity contribution >= 4 is 5.91 Å². The number of carbonyl (C=O) groups excluding carboxylic acids is 1. The van der Waals surface area contributed by atoms with E-state index in [4.69, 9.17) is 6.42 Å². The van der Waals surface area contributed by atoms with Crippen molar-refractivity contribution < 1.29 is 4.79 Å². The van der Waals surface area contributed by atoms with E-state index in [-0.39, 0.29) is 17.9 Å². The summed E-state index contributed by atoms with van der Waals surface area (Å²) in [6, 6.07) is 6.21. The smallest absolute Gasteiger partial charge is 0.225 e. The molecule has 1 N–H and O–H groups in total. The number of hydrogen-bond acceptors (Lipinski definition) is 1. The van der Waals surface area contributed by atoms with E-state index in [0.717, 1.165) is 12.0 Å². The molecule has 1 atom stereocenters. The zero-order valence-corrected chi connectivity index (χ0v) is 11.7. The summed E-state index contributed by atoms with van der Waals surface area (Å²) in [7, 11) is 0. The minimum Gasteiger partial charge on any atom is -0.342 e. The standard InChI is InChI=1S/C17H21NO/c1-4-16(12(2)3)18-17(19)11-13-8-9-14-6-5-7-15(14)10-13/h1,8-10,12,16H,5-7,11H2,2-3H3,(H,18,19)/t16-/m1/s1. The molecule has 0 saturated heterocycles. The van der Waals surface area contributed by atoms with Gasteiger partial charge in [-0.1, -0.05) is 38.0 Å². The van der Waals surface area contributed by atoms with Crippen molar-refractivity contribution in [1.29, 1.82) is 0 Å². The highest BCUT2D eigenvalue weighted by molar-refractivity contribution is 5.79. The summed E-state index contributed by atoms with van der Waals surface area (Å²) in [5, 5.41) is 2.91. The van der Waals surface area contributed by atoms with Crippen molar-refractivity contribution in [3.8, 4) is 12.3 Å². The highest BCUT2D eigenvalue weighted by atomic mass is 16.1. The maximum atomic E-state index is 12.0. The molecule has 0 aliphatic heterocycles. The normalized spacial score (nSPS) is 14.8. The quantitative estimate of drug-likeness (QED) is 0.823. The molecule has 2 rings (SSSR count). The minimum absolute atomic E-state index is 0.00889. The van der Waals surface area contributed by atoms with Crippen LogP contribution in [0.5, 0.6) is 0 Å². The predicted molar refractivity (Wildman–Crippen MR) is 77.8 cm³/mol. The Balaban J connectivity index is 1.98. The summed E-state index contributed by atoms with van der Waals surface area (Å²) >= 11 is 0. The number of amides is 1. The van der Waals surface area contributed by atoms with E-state index in [2.05, 4.69) is 29.4 Å². The number of fused-ring (bicyclic) bond motifs is 1. The van der Waals surface area contributed by atoms with Crippen molar-refractivity contribution in [3.63, 3.8) is 0 Å². The molecule has 0 unspecified atom stereocenters. The van der Waals surface area contributed by atoms with Gasteiger partial charge in [0.2, 0.25) is 5.91 Å². The molecule has 0 bridgehead atoms. The second kappa shape index (κ2) is 5.93. The van der Waals surface area contributed by atoms with E-state index in [1.54, 1.807) is 0 Å². The first-order valence-corrected chi connectivity index (χ1v) is 6.96. The third-order valence-electron chi connectivity index (χ3n) is 3.69. The Kier molecular flexibility index (Phi) is 4.27. The zero-order chi connectivity index (χ0) is 13.8. The Hall–Kier alpha value is -1.75. The lowest BCUT2D eigenvalue weighted by Gasteiger charge is -2.16. The van der Waals surface area contributed by atoms with Crippen LogP contribution in [0.25, 0.3) is 0 Å². The second-order valence-corrected chi connectivity index (χ2v) is 5.59. The number of terminal acetylenes is 1. The van der Waals surface area contributed by atoms with Gasteiger partial charge in [0.25, 0.3) is 0 Å². The Morgan fingerprint density at radius 1 is 1.37 bits per heavy atom. The van der Waals surface area contributed by atoms with Crippen LogP contribution in [0.3, 0.4) is 0 Å². The van der Waals surface area contributed by atoms with Crippen LogP contribution in [0.2, 0.25) is 0 Å². The number of benzene rings is 1. The van der Waals surface area contributed by atoms with Gasteiger partial charge >= 0.3 is 0 Å². The van der Waals surface area contributed by atoms with Crippen molar-refractivity contribution in [2.24, 2.45) is 5.92 Å². The van der Waals surface area contributed by atoms with E-state index in [1.807, 2.05) is 13.8 Å². The SMILES string of the molecule is C#C[C@@H](NC(=O)Cc1ccc2c(c1)CCC2)C(C)C. The molecule has 1 aromatic carbocycles.